The first-order valence-electron chi connectivity index (χ1n) is 8.76. The molecule has 0 aliphatic carbocycles. The number of carbonyl (C=O) groups excluding carboxylic acids is 2. The topological polar surface area (TPSA) is 70.4 Å². The van der Waals surface area contributed by atoms with Crippen LogP contribution in [-0.4, -0.2) is 23.7 Å². The number of halogens is 2. The van der Waals surface area contributed by atoms with Crippen LogP contribution in [-0.2, 0) is 20.7 Å². The molecule has 0 N–H and O–H groups in total. The zero-order chi connectivity index (χ0) is 21.0. The molecule has 1 saturated heterocycles. The van der Waals surface area contributed by atoms with Crippen LogP contribution in [0.2, 0.25) is 5.02 Å². The molecule has 0 radical (unpaired) electrons. The molecule has 1 amide bonds. The first-order chi connectivity index (χ1) is 13.9. The number of rotatable bonds is 5. The minimum atomic E-state index is -0.740. The van der Waals surface area contributed by atoms with Gasteiger partial charge in [-0.25, -0.2) is 4.79 Å². The molecule has 148 valence electrons. The van der Waals surface area contributed by atoms with E-state index in [0.717, 1.165) is 10.0 Å². The van der Waals surface area contributed by atoms with E-state index in [-0.39, 0.29) is 23.1 Å². The molecule has 1 fully saturated rings. The Kier molecular flexibility index (Phi) is 7.01. The Morgan fingerprint density at radius 3 is 2.66 bits per heavy atom. The first-order valence-corrected chi connectivity index (χ1v) is 10.8. The van der Waals surface area contributed by atoms with E-state index < -0.39 is 11.2 Å². The van der Waals surface area contributed by atoms with Crippen LogP contribution in [0.15, 0.2) is 63.6 Å². The number of anilines is 1. The molecule has 1 heterocycles. The fourth-order valence-corrected chi connectivity index (χ4v) is 4.65. The zero-order valence-corrected chi connectivity index (χ0v) is 18.6. The zero-order valence-electron chi connectivity index (χ0n) is 15.4. The van der Waals surface area contributed by atoms with Crippen LogP contribution in [0.4, 0.5) is 5.69 Å². The van der Waals surface area contributed by atoms with Gasteiger partial charge in [0.25, 0.3) is 0 Å². The van der Waals surface area contributed by atoms with Crippen LogP contribution in [0.3, 0.4) is 0 Å². The monoisotopic (exact) mass is 490 g/mol. The number of hydrogen-bond donors (Lipinski definition) is 0. The van der Waals surface area contributed by atoms with Gasteiger partial charge in [0.2, 0.25) is 5.91 Å². The molecule has 1 aliphatic rings. The molecule has 0 saturated carbocycles. The maximum Gasteiger partial charge on any atom is 0.351 e. The summed E-state index contributed by atoms with van der Waals surface area (Å²) in [7, 11) is 0. The number of hydrogen-bond acceptors (Lipinski definition) is 5. The molecule has 1 unspecified atom stereocenters. The van der Waals surface area contributed by atoms with Crippen molar-refractivity contribution < 1.29 is 14.3 Å². The molecule has 8 heteroatoms. The minimum absolute atomic E-state index is 0.139. The van der Waals surface area contributed by atoms with Gasteiger partial charge >= 0.3 is 5.97 Å². The van der Waals surface area contributed by atoms with Crippen molar-refractivity contribution in [2.24, 2.45) is 0 Å². The maximum absolute atomic E-state index is 13.3. The highest BCUT2D eigenvalue weighted by Crippen LogP contribution is 2.42. The van der Waals surface area contributed by atoms with E-state index in [2.05, 4.69) is 15.9 Å². The van der Waals surface area contributed by atoms with Crippen molar-refractivity contribution in [3.8, 4) is 6.07 Å². The van der Waals surface area contributed by atoms with Gasteiger partial charge in [-0.15, -0.1) is 0 Å². The summed E-state index contributed by atoms with van der Waals surface area (Å²) in [6.45, 7) is 1.80. The molecular weight excluding hydrogens is 476 g/mol. The van der Waals surface area contributed by atoms with Crippen LogP contribution in [0, 0.1) is 11.3 Å². The summed E-state index contributed by atoms with van der Waals surface area (Å²) >= 11 is 10.6. The minimum Gasteiger partial charge on any atom is -0.462 e. The van der Waals surface area contributed by atoms with E-state index in [4.69, 9.17) is 16.3 Å². The fraction of sp³-hybridized carbons (Fsp3) is 0.190. The molecule has 0 aromatic heterocycles. The average Bonchev–Trinajstić information content (AvgIpc) is 2.99. The second-order valence-electron chi connectivity index (χ2n) is 6.10. The number of thioether (sulfide) groups is 1. The van der Waals surface area contributed by atoms with E-state index in [1.54, 1.807) is 43.3 Å². The quantitative estimate of drug-likeness (QED) is 0.331. The summed E-state index contributed by atoms with van der Waals surface area (Å²) in [5, 5.41) is 9.98. The Hall–Kier alpha value is -2.27. The Bertz CT molecular complexity index is 1020. The number of amides is 1. The number of nitrogens with zero attached hydrogens (tertiary/aromatic N) is 2. The predicted octanol–water partition coefficient (Wildman–Crippen LogP) is 5.09. The van der Waals surface area contributed by atoms with Crippen molar-refractivity contribution in [2.45, 2.75) is 18.6 Å². The summed E-state index contributed by atoms with van der Waals surface area (Å²) in [5.41, 5.74) is 1.29. The predicted molar refractivity (Wildman–Crippen MR) is 117 cm³/mol. The Labute approximate surface area is 186 Å². The third-order valence-corrected chi connectivity index (χ3v) is 6.18. The molecule has 3 rings (SSSR count). The van der Waals surface area contributed by atoms with Crippen molar-refractivity contribution >= 4 is 56.9 Å². The van der Waals surface area contributed by atoms with E-state index >= 15 is 0 Å². The van der Waals surface area contributed by atoms with Gasteiger partial charge in [0.15, 0.2) is 5.57 Å². The average molecular weight is 492 g/mol. The first kappa shape index (κ1) is 21.4. The second-order valence-corrected chi connectivity index (χ2v) is 8.65. The van der Waals surface area contributed by atoms with Crippen LogP contribution >= 0.6 is 39.3 Å². The summed E-state index contributed by atoms with van der Waals surface area (Å²) in [6.07, 6.45) is 0.419. The molecule has 0 bridgehead atoms. The van der Waals surface area contributed by atoms with Crippen LogP contribution in [0.1, 0.15) is 12.5 Å². The number of esters is 1. The summed E-state index contributed by atoms with van der Waals surface area (Å²) < 4.78 is 5.87. The van der Waals surface area contributed by atoms with Gasteiger partial charge in [0.05, 0.1) is 11.9 Å². The van der Waals surface area contributed by atoms with Crippen LogP contribution in [0.25, 0.3) is 0 Å². The largest absolute Gasteiger partial charge is 0.462 e. The van der Waals surface area contributed by atoms with E-state index in [1.807, 2.05) is 18.2 Å². The molecule has 0 spiro atoms. The summed E-state index contributed by atoms with van der Waals surface area (Å²) in [4.78, 5) is 27.0. The van der Waals surface area contributed by atoms with Gasteiger partial charge in [-0.2, -0.15) is 5.26 Å². The number of carbonyl (C=O) groups is 2. The number of benzene rings is 2. The van der Waals surface area contributed by atoms with Gasteiger partial charge in [-0.1, -0.05) is 51.4 Å². The molecule has 29 heavy (non-hydrogen) atoms. The lowest BCUT2D eigenvalue weighted by atomic mass is 10.1. The van der Waals surface area contributed by atoms with Gasteiger partial charge in [-0.3, -0.25) is 9.69 Å². The maximum atomic E-state index is 13.3. The van der Waals surface area contributed by atoms with E-state index in [1.165, 1.54) is 16.7 Å². The van der Waals surface area contributed by atoms with Crippen LogP contribution in [0.5, 0.6) is 0 Å². The van der Waals surface area contributed by atoms with Crippen molar-refractivity contribution in [3.05, 3.63) is 74.2 Å². The lowest BCUT2D eigenvalue weighted by Gasteiger charge is -2.18. The lowest BCUT2D eigenvalue weighted by molar-refractivity contribution is -0.138. The normalized spacial score (nSPS) is 17.8. The fourth-order valence-electron chi connectivity index (χ4n) is 2.88. The van der Waals surface area contributed by atoms with E-state index in [9.17, 15) is 14.9 Å². The van der Waals surface area contributed by atoms with Gasteiger partial charge in [0, 0.05) is 15.2 Å². The number of nitriles is 1. The smallest absolute Gasteiger partial charge is 0.351 e. The Morgan fingerprint density at radius 2 is 2.03 bits per heavy atom. The highest BCUT2D eigenvalue weighted by Gasteiger charge is 2.41. The molecule has 1 atom stereocenters. The second kappa shape index (κ2) is 9.49. The third-order valence-electron chi connectivity index (χ3n) is 4.15. The highest BCUT2D eigenvalue weighted by molar-refractivity contribution is 9.10. The van der Waals surface area contributed by atoms with Gasteiger partial charge < -0.3 is 4.74 Å². The standard InChI is InChI=1S/C21H16BrClN2O3S/c1-2-28-21(27)17(12-24)20-25(16-8-6-14(22)7-9-16)19(26)18(29-20)11-13-4-3-5-15(23)10-13/h3-10,18H,2,11H2,1H3/b20-17-. The summed E-state index contributed by atoms with van der Waals surface area (Å²) in [6, 6.07) is 16.3. The Balaban J connectivity index is 2.03. The molecule has 2 aromatic rings. The number of ether oxygens (including phenoxy) is 1. The van der Waals surface area contributed by atoms with Gasteiger partial charge in [0.1, 0.15) is 11.1 Å². The Morgan fingerprint density at radius 1 is 1.31 bits per heavy atom. The SMILES string of the molecule is CCOC(=O)/C(C#N)=C1\SC(Cc2cccc(Cl)c2)C(=O)N1c1ccc(Br)cc1. The lowest BCUT2D eigenvalue weighted by Crippen LogP contribution is -2.30. The third kappa shape index (κ3) is 4.84. The van der Waals surface area contributed by atoms with Crippen molar-refractivity contribution in [2.75, 3.05) is 11.5 Å². The molecule has 2 aromatic carbocycles. The van der Waals surface area contributed by atoms with Crippen molar-refractivity contribution in [3.63, 3.8) is 0 Å². The van der Waals surface area contributed by atoms with E-state index in [0.29, 0.717) is 17.1 Å². The molecule has 1 aliphatic heterocycles. The molecular formula is C21H16BrClN2O3S. The molecule has 5 nitrogen and oxygen atoms in total. The van der Waals surface area contributed by atoms with Crippen LogP contribution < -0.4 is 4.90 Å². The van der Waals surface area contributed by atoms with Gasteiger partial charge in [-0.05, 0) is 55.3 Å². The van der Waals surface area contributed by atoms with Crippen molar-refractivity contribution in [1.29, 1.82) is 5.26 Å². The van der Waals surface area contributed by atoms with Crippen molar-refractivity contribution in [1.82, 2.24) is 0 Å². The summed E-state index contributed by atoms with van der Waals surface area (Å²) in [5.74, 6) is -0.944. The highest BCUT2D eigenvalue weighted by atomic mass is 79.9.